The number of aliphatic hydroxyl groups excluding tert-OH is 1. The number of halogens is 1. The zero-order chi connectivity index (χ0) is 13.7. The average Bonchev–Trinajstić information content (AvgIpc) is 2.28. The van der Waals surface area contributed by atoms with E-state index in [1.54, 1.807) is 0 Å². The molecule has 0 heterocycles. The van der Waals surface area contributed by atoms with Gasteiger partial charge in [0.1, 0.15) is 5.82 Å². The maximum Gasteiger partial charge on any atom is 0.274 e. The van der Waals surface area contributed by atoms with Crippen LogP contribution in [0.3, 0.4) is 0 Å². The smallest absolute Gasteiger partial charge is 0.274 e. The molecule has 100 valence electrons. The number of benzene rings is 1. The van der Waals surface area contributed by atoms with Crippen LogP contribution in [0, 0.1) is 15.9 Å². The molecule has 0 saturated carbocycles. The van der Waals surface area contributed by atoms with Crippen LogP contribution in [-0.4, -0.2) is 29.2 Å². The van der Waals surface area contributed by atoms with Crippen molar-refractivity contribution in [2.24, 2.45) is 0 Å². The van der Waals surface area contributed by atoms with Crippen molar-refractivity contribution >= 4 is 11.4 Å². The lowest BCUT2D eigenvalue weighted by molar-refractivity contribution is -0.385. The van der Waals surface area contributed by atoms with Crippen LogP contribution in [0.2, 0.25) is 0 Å². The number of anilines is 1. The standard InChI is InChI=1S/C12H17FN2O3/c1-9(2)14(4-3-5-16)11-6-10(13)7-12(8-11)15(17)18/h6-9,16H,3-5H2,1-2H3. The van der Waals surface area contributed by atoms with E-state index in [0.717, 1.165) is 6.07 Å². The molecule has 18 heavy (non-hydrogen) atoms. The third-order valence-corrected chi connectivity index (χ3v) is 2.59. The first-order valence-electron chi connectivity index (χ1n) is 5.78. The summed E-state index contributed by atoms with van der Waals surface area (Å²) < 4.78 is 13.4. The monoisotopic (exact) mass is 256 g/mol. The van der Waals surface area contributed by atoms with Crippen molar-refractivity contribution in [1.82, 2.24) is 0 Å². The lowest BCUT2D eigenvalue weighted by Crippen LogP contribution is -2.32. The summed E-state index contributed by atoms with van der Waals surface area (Å²) in [6.07, 6.45) is 0.530. The highest BCUT2D eigenvalue weighted by molar-refractivity contribution is 5.54. The predicted octanol–water partition coefficient (Wildman–Crippen LogP) is 2.33. The van der Waals surface area contributed by atoms with Gasteiger partial charge in [0, 0.05) is 30.9 Å². The number of rotatable bonds is 6. The SMILES string of the molecule is CC(C)N(CCCO)c1cc(F)cc([N+](=O)[O-])c1. The molecule has 1 aromatic carbocycles. The Morgan fingerprint density at radius 2 is 2.11 bits per heavy atom. The first-order valence-corrected chi connectivity index (χ1v) is 5.78. The number of nitrogens with zero attached hydrogens (tertiary/aromatic N) is 2. The summed E-state index contributed by atoms with van der Waals surface area (Å²) in [5.41, 5.74) is 0.199. The molecule has 0 unspecified atom stereocenters. The lowest BCUT2D eigenvalue weighted by atomic mass is 10.2. The Hall–Kier alpha value is -1.69. The Morgan fingerprint density at radius 1 is 1.44 bits per heavy atom. The normalized spacial score (nSPS) is 10.7. The maximum atomic E-state index is 13.4. The molecular weight excluding hydrogens is 239 g/mol. The average molecular weight is 256 g/mol. The van der Waals surface area contributed by atoms with Crippen LogP contribution < -0.4 is 4.90 Å². The van der Waals surface area contributed by atoms with E-state index < -0.39 is 10.7 Å². The molecule has 5 nitrogen and oxygen atoms in total. The van der Waals surface area contributed by atoms with Crippen molar-refractivity contribution in [3.05, 3.63) is 34.1 Å². The molecule has 0 spiro atoms. The van der Waals surface area contributed by atoms with Gasteiger partial charge in [0.15, 0.2) is 0 Å². The summed E-state index contributed by atoms with van der Waals surface area (Å²) in [7, 11) is 0. The van der Waals surface area contributed by atoms with Gasteiger partial charge in [-0.1, -0.05) is 0 Å². The third-order valence-electron chi connectivity index (χ3n) is 2.59. The Bertz CT molecular complexity index is 424. The molecule has 0 saturated heterocycles. The van der Waals surface area contributed by atoms with Crippen LogP contribution in [-0.2, 0) is 0 Å². The minimum atomic E-state index is -0.631. The van der Waals surface area contributed by atoms with Crippen molar-refractivity contribution in [2.45, 2.75) is 26.3 Å². The van der Waals surface area contributed by atoms with E-state index in [9.17, 15) is 14.5 Å². The van der Waals surface area contributed by atoms with Gasteiger partial charge in [-0.3, -0.25) is 10.1 Å². The van der Waals surface area contributed by atoms with Gasteiger partial charge in [-0.2, -0.15) is 0 Å². The molecule has 0 fully saturated rings. The van der Waals surface area contributed by atoms with Gasteiger partial charge in [0.05, 0.1) is 11.0 Å². The summed E-state index contributed by atoms with van der Waals surface area (Å²) >= 11 is 0. The third kappa shape index (κ3) is 3.66. The fraction of sp³-hybridized carbons (Fsp3) is 0.500. The summed E-state index contributed by atoms with van der Waals surface area (Å²) in [6, 6.07) is 3.58. The quantitative estimate of drug-likeness (QED) is 0.626. The predicted molar refractivity (Wildman–Crippen MR) is 67.2 cm³/mol. The van der Waals surface area contributed by atoms with Crippen LogP contribution in [0.15, 0.2) is 18.2 Å². The molecule has 0 aliphatic heterocycles. The van der Waals surface area contributed by atoms with Gasteiger partial charge >= 0.3 is 0 Å². The van der Waals surface area contributed by atoms with E-state index in [0.29, 0.717) is 18.7 Å². The van der Waals surface area contributed by atoms with Crippen LogP contribution in [0.1, 0.15) is 20.3 Å². The van der Waals surface area contributed by atoms with Gasteiger partial charge in [-0.05, 0) is 26.3 Å². The van der Waals surface area contributed by atoms with E-state index in [1.165, 1.54) is 12.1 Å². The Labute approximate surface area is 105 Å². The molecule has 0 aromatic heterocycles. The number of hydrogen-bond donors (Lipinski definition) is 1. The van der Waals surface area contributed by atoms with Crippen LogP contribution in [0.4, 0.5) is 15.8 Å². The summed E-state index contributed by atoms with van der Waals surface area (Å²) in [6.45, 7) is 4.37. The largest absolute Gasteiger partial charge is 0.396 e. The highest BCUT2D eigenvalue weighted by Gasteiger charge is 2.16. The highest BCUT2D eigenvalue weighted by Crippen LogP contribution is 2.25. The van der Waals surface area contributed by atoms with E-state index in [1.807, 2.05) is 18.7 Å². The Kier molecular flexibility index (Phi) is 5.03. The molecule has 0 aliphatic rings. The van der Waals surface area contributed by atoms with Gasteiger partial charge in [-0.15, -0.1) is 0 Å². The van der Waals surface area contributed by atoms with Gasteiger partial charge < -0.3 is 10.0 Å². The minimum Gasteiger partial charge on any atom is -0.396 e. The molecule has 0 amide bonds. The van der Waals surface area contributed by atoms with Crippen molar-refractivity contribution < 1.29 is 14.4 Å². The second-order valence-corrected chi connectivity index (χ2v) is 4.29. The summed E-state index contributed by atoms with van der Waals surface area (Å²) in [5, 5.41) is 19.5. The van der Waals surface area contributed by atoms with Crippen LogP contribution in [0.5, 0.6) is 0 Å². The van der Waals surface area contributed by atoms with Crippen molar-refractivity contribution in [3.63, 3.8) is 0 Å². The lowest BCUT2D eigenvalue weighted by Gasteiger charge is -2.28. The molecule has 1 N–H and O–H groups in total. The molecule has 0 radical (unpaired) electrons. The van der Waals surface area contributed by atoms with E-state index in [2.05, 4.69) is 0 Å². The second-order valence-electron chi connectivity index (χ2n) is 4.29. The Morgan fingerprint density at radius 3 is 2.61 bits per heavy atom. The minimum absolute atomic E-state index is 0.0284. The van der Waals surface area contributed by atoms with Crippen molar-refractivity contribution in [3.8, 4) is 0 Å². The van der Waals surface area contributed by atoms with Crippen LogP contribution in [0.25, 0.3) is 0 Å². The van der Waals surface area contributed by atoms with Crippen molar-refractivity contribution in [2.75, 3.05) is 18.1 Å². The fourth-order valence-corrected chi connectivity index (χ4v) is 1.76. The van der Waals surface area contributed by atoms with Gasteiger partial charge in [-0.25, -0.2) is 4.39 Å². The van der Waals surface area contributed by atoms with E-state index >= 15 is 0 Å². The molecule has 1 aromatic rings. The number of nitro benzene ring substituents is 1. The number of aliphatic hydroxyl groups is 1. The number of hydrogen-bond acceptors (Lipinski definition) is 4. The molecular formula is C12H17FN2O3. The first kappa shape index (κ1) is 14.4. The van der Waals surface area contributed by atoms with Crippen LogP contribution >= 0.6 is 0 Å². The highest BCUT2D eigenvalue weighted by atomic mass is 19.1. The zero-order valence-electron chi connectivity index (χ0n) is 10.5. The number of nitro groups is 1. The van der Waals surface area contributed by atoms with Gasteiger partial charge in [0.25, 0.3) is 5.69 Å². The molecule has 1 rings (SSSR count). The van der Waals surface area contributed by atoms with E-state index in [4.69, 9.17) is 5.11 Å². The van der Waals surface area contributed by atoms with Gasteiger partial charge in [0.2, 0.25) is 0 Å². The number of non-ortho nitro benzene ring substituents is 1. The molecule has 6 heteroatoms. The molecule has 0 aliphatic carbocycles. The van der Waals surface area contributed by atoms with Crippen molar-refractivity contribution in [1.29, 1.82) is 0 Å². The molecule has 0 bridgehead atoms. The first-order chi connectivity index (χ1) is 8.45. The van der Waals surface area contributed by atoms with E-state index in [-0.39, 0.29) is 18.3 Å². The topological polar surface area (TPSA) is 66.6 Å². The summed E-state index contributed by atoms with van der Waals surface area (Å²) in [4.78, 5) is 11.9. The maximum absolute atomic E-state index is 13.4. The second kappa shape index (κ2) is 6.30. The Balaban J connectivity index is 3.07. The zero-order valence-corrected chi connectivity index (χ0v) is 10.5. The molecule has 0 atom stereocenters. The summed E-state index contributed by atoms with van der Waals surface area (Å²) in [5.74, 6) is -0.631. The fourth-order valence-electron chi connectivity index (χ4n) is 1.76.